The van der Waals surface area contributed by atoms with E-state index >= 15 is 0 Å². The highest BCUT2D eigenvalue weighted by molar-refractivity contribution is 7.98. The number of amidine groups is 1. The average Bonchev–Trinajstić information content (AvgIpc) is 3.34. The molecule has 2 atom stereocenters. The normalized spacial score (nSPS) is 17.2. The minimum atomic E-state index is -3.92. The highest BCUT2D eigenvalue weighted by Crippen LogP contribution is 2.29. The van der Waals surface area contributed by atoms with Gasteiger partial charge in [-0.25, -0.2) is 10.1 Å². The number of thioether (sulfide) groups is 1. The summed E-state index contributed by atoms with van der Waals surface area (Å²) in [6.07, 6.45) is 1.07. The molecule has 0 saturated carbocycles. The number of anilines is 1. The highest BCUT2D eigenvalue weighted by Gasteiger charge is 2.27. The number of nitrogens with one attached hydrogen (secondary N) is 2. The van der Waals surface area contributed by atoms with Gasteiger partial charge in [0.05, 0.1) is 41.2 Å². The van der Waals surface area contributed by atoms with Crippen molar-refractivity contribution in [3.63, 3.8) is 0 Å². The van der Waals surface area contributed by atoms with Gasteiger partial charge >= 0.3 is 10.2 Å². The molecule has 228 valence electrons. The molecule has 41 heavy (non-hydrogen) atoms. The molecule has 0 spiro atoms. The van der Waals surface area contributed by atoms with Crippen LogP contribution in [0, 0.1) is 0 Å². The van der Waals surface area contributed by atoms with Crippen LogP contribution in [0.1, 0.15) is 28.9 Å². The molecule has 12 N–H and O–H groups in total. The van der Waals surface area contributed by atoms with E-state index in [0.29, 0.717) is 51.6 Å². The summed E-state index contributed by atoms with van der Waals surface area (Å²) >= 11 is 8.85. The van der Waals surface area contributed by atoms with E-state index in [4.69, 9.17) is 49.1 Å². The fourth-order valence-electron chi connectivity index (χ4n) is 3.49. The van der Waals surface area contributed by atoms with Gasteiger partial charge in [-0.3, -0.25) is 4.79 Å². The van der Waals surface area contributed by atoms with Crippen molar-refractivity contribution in [2.24, 2.45) is 31.7 Å². The second-order valence-corrected chi connectivity index (χ2v) is 12.0. The number of nitrogens with two attached hydrogens (primary N) is 5. The van der Waals surface area contributed by atoms with Crippen LogP contribution in [0.5, 0.6) is 5.75 Å². The number of ether oxygens (including phenoxy) is 2. The Morgan fingerprint density at radius 3 is 2.68 bits per heavy atom. The molecule has 3 rings (SSSR count). The van der Waals surface area contributed by atoms with Crippen LogP contribution in [-0.4, -0.2) is 76.3 Å². The third-order valence-electron chi connectivity index (χ3n) is 5.37. The summed E-state index contributed by atoms with van der Waals surface area (Å²) in [4.78, 5) is 20.5. The molecule has 2 heterocycles. The molecule has 1 aliphatic heterocycles. The number of halogens is 1. The van der Waals surface area contributed by atoms with Gasteiger partial charge in [0.1, 0.15) is 11.6 Å². The highest BCUT2D eigenvalue weighted by atomic mass is 35.5. The standard InChI is InChI=1S/C14H20ClN3O3.C8H15N7O2S3/c1-20-12-6-10(16)9(15)5-8(12)14(19)18-11-3-4-17-7-13(11)21-2;9-6(15-20(12,16)17)1-2-18-3-5-4-19-8(13-5)14-7(10)11/h5-6,11,13,17H,3-4,7,16H2,1-2H3,(H,18,19);4H,1-3H2,(H2,9,15)(H2,12,16,17)(H4,10,11,13,14). The number of carbonyl (C=O) groups excluding carboxylic acids is 1. The molecule has 1 aromatic heterocycles. The molecule has 19 heteroatoms. The van der Waals surface area contributed by atoms with Crippen LogP contribution in [0.25, 0.3) is 0 Å². The zero-order valence-electron chi connectivity index (χ0n) is 22.5. The van der Waals surface area contributed by atoms with E-state index in [-0.39, 0.29) is 29.8 Å². The average molecular weight is 651 g/mol. The first-order chi connectivity index (χ1) is 19.3. The summed E-state index contributed by atoms with van der Waals surface area (Å²) in [5, 5.41) is 13.6. The second-order valence-electron chi connectivity index (χ2n) is 8.48. The lowest BCUT2D eigenvalue weighted by molar-refractivity contribution is 0.0476. The maximum Gasteiger partial charge on any atom is 0.318 e. The topological polar surface area (TPSA) is 261 Å². The third-order valence-corrected chi connectivity index (χ3v) is 7.96. The number of benzene rings is 1. The predicted octanol–water partition coefficient (Wildman–Crippen LogP) is 0.270. The van der Waals surface area contributed by atoms with Crippen molar-refractivity contribution in [2.45, 2.75) is 30.7 Å². The molecule has 0 aliphatic carbocycles. The van der Waals surface area contributed by atoms with Crippen molar-refractivity contribution < 1.29 is 22.7 Å². The number of nitrogens with zero attached hydrogens (tertiary/aromatic N) is 3. The molecule has 1 fully saturated rings. The zero-order valence-corrected chi connectivity index (χ0v) is 25.7. The van der Waals surface area contributed by atoms with Gasteiger partial charge in [-0.15, -0.1) is 15.7 Å². The van der Waals surface area contributed by atoms with Crippen LogP contribution in [0.2, 0.25) is 5.02 Å². The number of hydrogen-bond donors (Lipinski definition) is 7. The van der Waals surface area contributed by atoms with E-state index in [9.17, 15) is 13.2 Å². The fraction of sp³-hybridized carbons (Fsp3) is 0.455. The number of thiazole rings is 1. The van der Waals surface area contributed by atoms with Gasteiger partial charge in [0, 0.05) is 43.0 Å². The number of rotatable bonds is 11. The predicted molar refractivity (Wildman–Crippen MR) is 165 cm³/mol. The van der Waals surface area contributed by atoms with E-state index in [1.807, 2.05) is 5.38 Å². The second kappa shape index (κ2) is 16.5. The first-order valence-electron chi connectivity index (χ1n) is 12.0. The molecule has 1 amide bonds. The molecule has 1 saturated heterocycles. The molecule has 2 aromatic rings. The summed E-state index contributed by atoms with van der Waals surface area (Å²) in [7, 11) is -0.792. The summed E-state index contributed by atoms with van der Waals surface area (Å²) in [5.41, 5.74) is 23.2. The van der Waals surface area contributed by atoms with Crippen molar-refractivity contribution in [1.82, 2.24) is 15.6 Å². The maximum absolute atomic E-state index is 12.5. The molecule has 1 aromatic carbocycles. The van der Waals surface area contributed by atoms with Crippen LogP contribution in [-0.2, 0) is 20.7 Å². The first kappa shape index (κ1) is 34.3. The van der Waals surface area contributed by atoms with Crippen LogP contribution in [0.15, 0.2) is 26.9 Å². The summed E-state index contributed by atoms with van der Waals surface area (Å²) < 4.78 is 35.0. The third kappa shape index (κ3) is 12.3. The van der Waals surface area contributed by atoms with E-state index in [1.54, 1.807) is 13.2 Å². The van der Waals surface area contributed by atoms with Crippen LogP contribution < -0.4 is 43.4 Å². The van der Waals surface area contributed by atoms with E-state index < -0.39 is 10.2 Å². The molecular weight excluding hydrogens is 616 g/mol. The number of carbonyl (C=O) groups is 1. The monoisotopic (exact) mass is 650 g/mol. The lowest BCUT2D eigenvalue weighted by atomic mass is 10.0. The number of methoxy groups -OCH3 is 2. The van der Waals surface area contributed by atoms with Gasteiger partial charge in [0.25, 0.3) is 5.91 Å². The van der Waals surface area contributed by atoms with Crippen LogP contribution >= 0.6 is 34.7 Å². The Hall–Kier alpha value is -2.87. The first-order valence-corrected chi connectivity index (χ1v) is 15.9. The van der Waals surface area contributed by atoms with Gasteiger partial charge in [0.15, 0.2) is 5.96 Å². The van der Waals surface area contributed by atoms with E-state index in [2.05, 4.69) is 25.0 Å². The lowest BCUT2D eigenvalue weighted by Crippen LogP contribution is -2.53. The van der Waals surface area contributed by atoms with Crippen molar-refractivity contribution >= 4 is 73.4 Å². The van der Waals surface area contributed by atoms with Crippen molar-refractivity contribution in [3.8, 4) is 5.75 Å². The number of aliphatic imine (C=N–C) groups is 1. The molecule has 2 unspecified atom stereocenters. The van der Waals surface area contributed by atoms with E-state index in [1.165, 1.54) is 36.3 Å². The summed E-state index contributed by atoms with van der Waals surface area (Å²) in [6, 6.07) is 3.02. The summed E-state index contributed by atoms with van der Waals surface area (Å²) in [6.45, 7) is 1.55. The number of hydrogen-bond acceptors (Lipinski definition) is 11. The minimum Gasteiger partial charge on any atom is -0.496 e. The van der Waals surface area contributed by atoms with E-state index in [0.717, 1.165) is 18.7 Å². The molecular formula is C22H35ClN10O5S3. The minimum absolute atomic E-state index is 0.0144. The largest absolute Gasteiger partial charge is 0.496 e. The molecule has 1 aliphatic rings. The molecule has 0 radical (unpaired) electrons. The molecule has 15 nitrogen and oxygen atoms in total. The van der Waals surface area contributed by atoms with Gasteiger partial charge in [-0.2, -0.15) is 25.2 Å². The number of aromatic nitrogens is 1. The van der Waals surface area contributed by atoms with Crippen molar-refractivity contribution in [2.75, 3.05) is 38.8 Å². The van der Waals surface area contributed by atoms with Crippen LogP contribution in [0.4, 0.5) is 10.8 Å². The fourth-order valence-corrected chi connectivity index (χ4v) is 5.74. The number of guanidine groups is 1. The van der Waals surface area contributed by atoms with Gasteiger partial charge in [-0.1, -0.05) is 11.6 Å². The van der Waals surface area contributed by atoms with Crippen LogP contribution in [0.3, 0.4) is 0 Å². The smallest absolute Gasteiger partial charge is 0.318 e. The Kier molecular flexibility index (Phi) is 13.9. The Morgan fingerprint density at radius 1 is 1.32 bits per heavy atom. The van der Waals surface area contributed by atoms with Crippen molar-refractivity contribution in [3.05, 3.63) is 33.8 Å². The van der Waals surface area contributed by atoms with Crippen molar-refractivity contribution in [1.29, 1.82) is 0 Å². The zero-order chi connectivity index (χ0) is 30.6. The maximum atomic E-state index is 12.5. The SMILES string of the molecule is COc1cc(N)c(Cl)cc1C(=O)NC1CCNCC1OC.NC(N)=Nc1nc(CSCC/C(N)=N/S(N)(=O)=O)cs1. The summed E-state index contributed by atoms with van der Waals surface area (Å²) in [5.74, 6) is 1.34. The Balaban J connectivity index is 0.000000287. The quantitative estimate of drug-likeness (QED) is 0.0748. The number of nitrogen functional groups attached to an aromatic ring is 1. The van der Waals surface area contributed by atoms with Gasteiger partial charge < -0.3 is 43.0 Å². The molecule has 0 bridgehead atoms. The number of amides is 1. The Morgan fingerprint density at radius 2 is 2.05 bits per heavy atom. The lowest BCUT2D eigenvalue weighted by Gasteiger charge is -2.31. The number of piperidine rings is 1. The Bertz CT molecular complexity index is 1340. The Labute approximate surface area is 251 Å². The van der Waals surface area contributed by atoms with Gasteiger partial charge in [-0.05, 0) is 19.0 Å². The van der Waals surface area contributed by atoms with Gasteiger partial charge in [0.2, 0.25) is 5.13 Å².